The minimum Gasteiger partial charge on any atom is -0.444 e. The van der Waals surface area contributed by atoms with Gasteiger partial charge in [0.1, 0.15) is 11.6 Å². The van der Waals surface area contributed by atoms with E-state index in [0.717, 1.165) is 16.6 Å². The number of nitrogens with zero attached hydrogens (tertiary/aromatic N) is 1. The number of aromatic nitrogens is 1. The molecule has 3 rings (SSSR count). The Balaban J connectivity index is 1.84. The van der Waals surface area contributed by atoms with E-state index in [0.29, 0.717) is 6.54 Å². The Labute approximate surface area is 128 Å². The van der Waals surface area contributed by atoms with Gasteiger partial charge in [-0.05, 0) is 32.9 Å². The van der Waals surface area contributed by atoms with Crippen molar-refractivity contribution in [1.82, 2.24) is 9.88 Å². The lowest BCUT2D eigenvalue weighted by molar-refractivity contribution is -0.118. The summed E-state index contributed by atoms with van der Waals surface area (Å²) in [6.07, 6.45) is 1.32. The summed E-state index contributed by atoms with van der Waals surface area (Å²) < 4.78 is 7.18. The highest BCUT2D eigenvalue weighted by Gasteiger charge is 2.28. The highest BCUT2D eigenvalue weighted by Crippen LogP contribution is 2.27. The highest BCUT2D eigenvalue weighted by atomic mass is 16.6. The van der Waals surface area contributed by atoms with E-state index >= 15 is 0 Å². The van der Waals surface area contributed by atoms with Crippen LogP contribution in [-0.4, -0.2) is 28.2 Å². The van der Waals surface area contributed by atoms with Crippen LogP contribution in [0.4, 0.5) is 10.5 Å². The van der Waals surface area contributed by atoms with Crippen molar-refractivity contribution in [3.63, 3.8) is 0 Å². The zero-order valence-corrected chi connectivity index (χ0v) is 12.8. The molecule has 1 atom stereocenters. The van der Waals surface area contributed by atoms with Gasteiger partial charge in [-0.15, -0.1) is 0 Å². The molecular weight excluding hydrogens is 282 g/mol. The van der Waals surface area contributed by atoms with Gasteiger partial charge >= 0.3 is 6.09 Å². The molecule has 1 aromatic heterocycles. The van der Waals surface area contributed by atoms with E-state index in [1.807, 2.05) is 35.0 Å². The number of rotatable bonds is 1. The fourth-order valence-corrected chi connectivity index (χ4v) is 2.57. The lowest BCUT2D eigenvalue weighted by Gasteiger charge is -2.22. The van der Waals surface area contributed by atoms with Crippen molar-refractivity contribution < 1.29 is 14.3 Å². The number of amides is 2. The molecule has 0 saturated heterocycles. The molecule has 2 amide bonds. The Kier molecular flexibility index (Phi) is 3.31. The molecular formula is C16H19N3O3. The van der Waals surface area contributed by atoms with Crippen LogP contribution in [0.3, 0.4) is 0 Å². The van der Waals surface area contributed by atoms with Crippen LogP contribution in [0, 0.1) is 0 Å². The number of carbonyl (C=O) groups is 2. The summed E-state index contributed by atoms with van der Waals surface area (Å²) in [5, 5.41) is 6.55. The number of nitrogens with one attached hydrogen (secondary N) is 2. The van der Waals surface area contributed by atoms with Gasteiger partial charge in [-0.25, -0.2) is 4.79 Å². The Morgan fingerprint density at radius 2 is 2.14 bits per heavy atom. The molecule has 2 aromatic rings. The molecule has 0 spiro atoms. The second-order valence-electron chi connectivity index (χ2n) is 6.40. The van der Waals surface area contributed by atoms with Gasteiger partial charge in [-0.3, -0.25) is 4.79 Å². The van der Waals surface area contributed by atoms with Gasteiger partial charge in [0.2, 0.25) is 5.91 Å². The zero-order valence-electron chi connectivity index (χ0n) is 12.8. The molecule has 2 N–H and O–H groups in total. The van der Waals surface area contributed by atoms with Gasteiger partial charge in [0.15, 0.2) is 0 Å². The van der Waals surface area contributed by atoms with Crippen molar-refractivity contribution in [1.29, 1.82) is 0 Å². The molecule has 0 unspecified atom stereocenters. The quantitative estimate of drug-likeness (QED) is 0.850. The summed E-state index contributed by atoms with van der Waals surface area (Å²) in [5.41, 5.74) is 1.11. The standard InChI is InChI=1S/C16H19N3O3/c1-16(2,3)22-15(21)18-12-9-19-8-7-10-5-4-6-11(13(10)19)17-14(12)20/h4-8,12H,9H2,1-3H3,(H,17,20)(H,18,21)/t12-/m0/s1. The van der Waals surface area contributed by atoms with Crippen LogP contribution < -0.4 is 10.6 Å². The molecule has 0 fully saturated rings. The summed E-state index contributed by atoms with van der Waals surface area (Å²) in [6.45, 7) is 5.72. The predicted molar refractivity (Wildman–Crippen MR) is 83.7 cm³/mol. The van der Waals surface area contributed by atoms with Crippen LogP contribution in [-0.2, 0) is 16.1 Å². The van der Waals surface area contributed by atoms with Crippen LogP contribution >= 0.6 is 0 Å². The van der Waals surface area contributed by atoms with Gasteiger partial charge in [-0.1, -0.05) is 12.1 Å². The van der Waals surface area contributed by atoms with Crippen LogP contribution in [0.5, 0.6) is 0 Å². The molecule has 6 nitrogen and oxygen atoms in total. The normalized spacial score (nSPS) is 17.8. The number of benzene rings is 1. The Hall–Kier alpha value is -2.50. The summed E-state index contributed by atoms with van der Waals surface area (Å²) >= 11 is 0. The first kappa shape index (κ1) is 14.4. The number of para-hydroxylation sites is 1. The fourth-order valence-electron chi connectivity index (χ4n) is 2.57. The molecule has 0 saturated carbocycles. The van der Waals surface area contributed by atoms with E-state index in [2.05, 4.69) is 10.6 Å². The number of alkyl carbamates (subject to hydrolysis) is 1. The summed E-state index contributed by atoms with van der Waals surface area (Å²) in [5.74, 6) is -0.248. The summed E-state index contributed by atoms with van der Waals surface area (Å²) in [4.78, 5) is 24.2. The molecule has 1 aromatic carbocycles. The first-order chi connectivity index (χ1) is 10.3. The third-order valence-electron chi connectivity index (χ3n) is 3.43. The van der Waals surface area contributed by atoms with Crippen LogP contribution in [0.15, 0.2) is 30.5 Å². The molecule has 1 aliphatic rings. The molecule has 22 heavy (non-hydrogen) atoms. The van der Waals surface area contributed by atoms with Crippen LogP contribution in [0.25, 0.3) is 10.9 Å². The number of anilines is 1. The number of hydrogen-bond donors (Lipinski definition) is 2. The molecule has 2 heterocycles. The van der Waals surface area contributed by atoms with Gasteiger partial charge in [0.05, 0.1) is 17.7 Å². The third-order valence-corrected chi connectivity index (χ3v) is 3.43. The van der Waals surface area contributed by atoms with Crippen LogP contribution in [0.1, 0.15) is 20.8 Å². The van der Waals surface area contributed by atoms with Gasteiger partial charge in [-0.2, -0.15) is 0 Å². The maximum Gasteiger partial charge on any atom is 0.408 e. The Morgan fingerprint density at radius 1 is 1.36 bits per heavy atom. The fraction of sp³-hybridized carbons (Fsp3) is 0.375. The monoisotopic (exact) mass is 301 g/mol. The molecule has 1 aliphatic heterocycles. The molecule has 6 heteroatoms. The Morgan fingerprint density at radius 3 is 2.86 bits per heavy atom. The molecule has 0 bridgehead atoms. The maximum atomic E-state index is 12.3. The second kappa shape index (κ2) is 5.05. The lowest BCUT2D eigenvalue weighted by Crippen LogP contribution is -2.47. The van der Waals surface area contributed by atoms with E-state index in [1.54, 1.807) is 20.8 Å². The summed E-state index contributed by atoms with van der Waals surface area (Å²) in [7, 11) is 0. The number of hydrogen-bond acceptors (Lipinski definition) is 3. The first-order valence-corrected chi connectivity index (χ1v) is 7.22. The average Bonchev–Trinajstić information content (AvgIpc) is 2.74. The lowest BCUT2D eigenvalue weighted by atomic mass is 10.2. The SMILES string of the molecule is CC(C)(C)OC(=O)N[C@H]1Cn2ccc3cccc(c32)NC1=O. The van der Waals surface area contributed by atoms with E-state index in [-0.39, 0.29) is 5.91 Å². The van der Waals surface area contributed by atoms with E-state index in [1.165, 1.54) is 0 Å². The largest absolute Gasteiger partial charge is 0.444 e. The van der Waals surface area contributed by atoms with Gasteiger partial charge < -0.3 is 19.9 Å². The molecule has 0 aliphatic carbocycles. The van der Waals surface area contributed by atoms with Crippen molar-refractivity contribution >= 4 is 28.6 Å². The van der Waals surface area contributed by atoms with Crippen molar-refractivity contribution in [2.45, 2.75) is 39.0 Å². The summed E-state index contributed by atoms with van der Waals surface area (Å²) in [6, 6.07) is 7.04. The van der Waals surface area contributed by atoms with Crippen LogP contribution in [0.2, 0.25) is 0 Å². The maximum absolute atomic E-state index is 12.3. The van der Waals surface area contributed by atoms with E-state index < -0.39 is 17.7 Å². The smallest absolute Gasteiger partial charge is 0.408 e. The topological polar surface area (TPSA) is 72.4 Å². The average molecular weight is 301 g/mol. The van der Waals surface area contributed by atoms with Gasteiger partial charge in [0.25, 0.3) is 0 Å². The molecule has 116 valence electrons. The van der Waals surface area contributed by atoms with Crippen molar-refractivity contribution in [3.05, 3.63) is 30.5 Å². The van der Waals surface area contributed by atoms with Crippen molar-refractivity contribution in [2.75, 3.05) is 5.32 Å². The zero-order chi connectivity index (χ0) is 15.9. The predicted octanol–water partition coefficient (Wildman–Crippen LogP) is 2.49. The first-order valence-electron chi connectivity index (χ1n) is 7.22. The number of carbonyl (C=O) groups excluding carboxylic acids is 2. The molecule has 0 radical (unpaired) electrons. The Bertz CT molecular complexity index is 743. The minimum absolute atomic E-state index is 0.248. The van der Waals surface area contributed by atoms with Gasteiger partial charge in [0, 0.05) is 11.6 Å². The minimum atomic E-state index is -0.683. The second-order valence-corrected chi connectivity index (χ2v) is 6.40. The van der Waals surface area contributed by atoms with Crippen molar-refractivity contribution in [2.24, 2.45) is 0 Å². The van der Waals surface area contributed by atoms with Crippen molar-refractivity contribution in [3.8, 4) is 0 Å². The van der Waals surface area contributed by atoms with E-state index in [4.69, 9.17) is 4.74 Å². The van der Waals surface area contributed by atoms with E-state index in [9.17, 15) is 9.59 Å². The highest BCUT2D eigenvalue weighted by molar-refractivity contribution is 6.04. The number of ether oxygens (including phenoxy) is 1. The third kappa shape index (κ3) is 2.77.